The van der Waals surface area contributed by atoms with Gasteiger partial charge in [-0.3, -0.25) is 9.59 Å². The summed E-state index contributed by atoms with van der Waals surface area (Å²) in [6, 6.07) is -1.10. The first-order chi connectivity index (χ1) is 33.0. The van der Waals surface area contributed by atoms with Crippen molar-refractivity contribution < 1.29 is 87.7 Å². The third-order valence-electron chi connectivity index (χ3n) is 18.1. The first-order valence-electron chi connectivity index (χ1n) is 26.0. The van der Waals surface area contributed by atoms with Crippen LogP contribution < -0.4 is 5.32 Å². The minimum atomic E-state index is -1.17. The number of carbonyl (C=O) groups is 4. The highest BCUT2D eigenvalue weighted by atomic mass is 16.7. The molecule has 4 aliphatic carbocycles. The number of hydrogen-bond acceptors (Lipinski definition) is 17. The van der Waals surface area contributed by atoms with E-state index in [-0.39, 0.29) is 86.3 Å². The summed E-state index contributed by atoms with van der Waals surface area (Å²) in [5.74, 6) is -2.54. The summed E-state index contributed by atoms with van der Waals surface area (Å²) in [7, 11) is 0. The largest absolute Gasteiger partial charge is 0.480 e. The van der Waals surface area contributed by atoms with E-state index in [4.69, 9.17) is 37.9 Å². The number of carboxylic acid groups (broad SMARTS) is 1. The molecule has 0 aromatic heterocycles. The quantitative estimate of drug-likeness (QED) is 0.0917. The maximum absolute atomic E-state index is 13.3. The number of nitrogens with one attached hydrogen (secondary N) is 1. The molecule has 8 rings (SSSR count). The molecule has 7 fully saturated rings. The predicted octanol–water partition coefficient (Wildman–Crippen LogP) is 3.16. The number of aliphatic hydroxyl groups excluding tert-OH is 4. The van der Waals surface area contributed by atoms with Gasteiger partial charge in [-0.2, -0.15) is 0 Å². The summed E-state index contributed by atoms with van der Waals surface area (Å²) >= 11 is 0. The van der Waals surface area contributed by atoms with Crippen LogP contribution in [0.15, 0.2) is 11.6 Å². The van der Waals surface area contributed by atoms with E-state index in [0.29, 0.717) is 25.2 Å². The lowest BCUT2D eigenvalue weighted by atomic mass is 9.42. The normalized spacial score (nSPS) is 46.5. The van der Waals surface area contributed by atoms with Gasteiger partial charge in [0.15, 0.2) is 18.9 Å². The first kappa shape index (κ1) is 53.5. The van der Waals surface area contributed by atoms with Gasteiger partial charge >= 0.3 is 17.9 Å². The third-order valence-corrected chi connectivity index (χ3v) is 18.1. The van der Waals surface area contributed by atoms with Crippen LogP contribution in [-0.4, -0.2) is 159 Å². The lowest BCUT2D eigenvalue weighted by Gasteiger charge is -2.65. The van der Waals surface area contributed by atoms with Gasteiger partial charge in [-0.1, -0.05) is 27.7 Å². The number of esters is 2. The molecule has 1 amide bonds. The molecule has 19 heteroatoms. The Morgan fingerprint density at radius 1 is 0.786 bits per heavy atom. The van der Waals surface area contributed by atoms with E-state index in [9.17, 15) is 49.8 Å². The maximum Gasteiger partial charge on any atom is 0.331 e. The first-order valence-corrected chi connectivity index (χ1v) is 26.0. The number of fused-ring (bicyclic) bond motifs is 5. The van der Waals surface area contributed by atoms with Gasteiger partial charge in [0.1, 0.15) is 37.1 Å². The molecule has 3 saturated heterocycles. The van der Waals surface area contributed by atoms with E-state index >= 15 is 0 Å². The Hall–Kier alpha value is -2.82. The molecular formula is C51H79NO18. The van der Waals surface area contributed by atoms with Crippen LogP contribution in [0, 0.1) is 40.4 Å². The second-order valence-corrected chi connectivity index (χ2v) is 22.9. The molecule has 0 radical (unpaired) electrons. The lowest BCUT2D eigenvalue weighted by Crippen LogP contribution is -2.67. The van der Waals surface area contributed by atoms with Crippen molar-refractivity contribution in [2.75, 3.05) is 6.61 Å². The van der Waals surface area contributed by atoms with Crippen molar-refractivity contribution >= 4 is 23.8 Å². The molecule has 0 unspecified atom stereocenters. The zero-order chi connectivity index (χ0) is 50.6. The Morgan fingerprint density at radius 2 is 1.44 bits per heavy atom. The topological polar surface area (TPSA) is 276 Å². The van der Waals surface area contributed by atoms with Gasteiger partial charge in [-0.25, -0.2) is 9.59 Å². The molecule has 70 heavy (non-hydrogen) atoms. The van der Waals surface area contributed by atoms with Crippen molar-refractivity contribution in [2.24, 2.45) is 40.4 Å². The predicted molar refractivity (Wildman–Crippen MR) is 245 cm³/mol. The summed E-state index contributed by atoms with van der Waals surface area (Å²) < 4.78 is 48.9. The average Bonchev–Trinajstić information content (AvgIpc) is 3.84. The number of hydrogen-bond donors (Lipinski definition) is 7. The SMILES string of the molecule is CC(C)C[C@H](NC(=O)CCC(=O)O[C@H]1C[C@H](O[C@H]2[C@@H](O)C[C@H](O[C@H]3CC[C@@]4(C)[C@H](CC[C@@H]5[C@@H]4C[C@@H](O)[C@]4(C)[C@@H](C6=CC(=O)OC6)CC[C@]54O)C3)O[C@@H]2C)O[C@H](C)[C@H]1O[C@H]1C[C@H](O)[C@H](O)[C@@H](C)O1)C(=O)O. The fourth-order valence-electron chi connectivity index (χ4n) is 14.3. The summed E-state index contributed by atoms with van der Waals surface area (Å²) in [5.41, 5.74) is -1.07. The van der Waals surface area contributed by atoms with Crippen LogP contribution in [0.5, 0.6) is 0 Å². The van der Waals surface area contributed by atoms with E-state index in [1.54, 1.807) is 26.8 Å². The summed E-state index contributed by atoms with van der Waals surface area (Å²) in [6.07, 6.45) is -4.57. The number of cyclic esters (lactones) is 1. The van der Waals surface area contributed by atoms with Crippen LogP contribution in [-0.2, 0) is 57.1 Å². The highest BCUT2D eigenvalue weighted by molar-refractivity contribution is 5.86. The van der Waals surface area contributed by atoms with Crippen LogP contribution in [0.4, 0.5) is 0 Å². The third kappa shape index (κ3) is 10.6. The van der Waals surface area contributed by atoms with Crippen molar-refractivity contribution in [1.29, 1.82) is 0 Å². The van der Waals surface area contributed by atoms with Crippen LogP contribution in [0.2, 0.25) is 0 Å². The molecule has 4 heterocycles. The maximum atomic E-state index is 13.3. The molecule has 4 saturated carbocycles. The van der Waals surface area contributed by atoms with Crippen LogP contribution in [0.3, 0.4) is 0 Å². The van der Waals surface area contributed by atoms with E-state index < -0.39 is 115 Å². The van der Waals surface area contributed by atoms with Crippen molar-refractivity contribution in [3.63, 3.8) is 0 Å². The second kappa shape index (κ2) is 21.2. The van der Waals surface area contributed by atoms with Gasteiger partial charge in [0.2, 0.25) is 5.91 Å². The van der Waals surface area contributed by atoms with Gasteiger partial charge in [-0.15, -0.1) is 0 Å². The van der Waals surface area contributed by atoms with Gasteiger partial charge in [-0.05, 0) is 119 Å². The van der Waals surface area contributed by atoms with Crippen molar-refractivity contribution in [1.82, 2.24) is 5.32 Å². The van der Waals surface area contributed by atoms with Crippen molar-refractivity contribution in [3.8, 4) is 0 Å². The zero-order valence-electron chi connectivity index (χ0n) is 41.8. The molecule has 0 aromatic rings. The van der Waals surface area contributed by atoms with Crippen molar-refractivity contribution in [2.45, 2.75) is 236 Å². The minimum absolute atomic E-state index is 0.0108. The van der Waals surface area contributed by atoms with Crippen molar-refractivity contribution in [3.05, 3.63) is 11.6 Å². The van der Waals surface area contributed by atoms with E-state index in [0.717, 1.165) is 37.7 Å². The summed E-state index contributed by atoms with van der Waals surface area (Å²) in [4.78, 5) is 49.8. The molecule has 4 aliphatic heterocycles. The van der Waals surface area contributed by atoms with E-state index in [1.165, 1.54) is 0 Å². The highest BCUT2D eigenvalue weighted by Crippen LogP contribution is 2.70. The molecule has 0 spiro atoms. The molecule has 0 bridgehead atoms. The summed E-state index contributed by atoms with van der Waals surface area (Å²) in [5, 5.41) is 69.0. The molecule has 396 valence electrons. The Morgan fingerprint density at radius 3 is 2.10 bits per heavy atom. The molecule has 8 aliphatic rings. The Kier molecular flexibility index (Phi) is 16.2. The number of ether oxygens (including phenoxy) is 8. The van der Waals surface area contributed by atoms with Crippen LogP contribution in [0.1, 0.15) is 138 Å². The van der Waals surface area contributed by atoms with E-state index in [2.05, 4.69) is 12.2 Å². The number of carboxylic acids is 1. The second-order valence-electron chi connectivity index (χ2n) is 22.9. The van der Waals surface area contributed by atoms with Gasteiger partial charge in [0, 0.05) is 37.2 Å². The minimum Gasteiger partial charge on any atom is -0.480 e. The number of aliphatic hydroxyl groups is 5. The number of carbonyl (C=O) groups excluding carboxylic acids is 3. The Bertz CT molecular complexity index is 1910. The van der Waals surface area contributed by atoms with Crippen LogP contribution >= 0.6 is 0 Å². The molecular weight excluding hydrogens is 915 g/mol. The smallest absolute Gasteiger partial charge is 0.331 e. The van der Waals surface area contributed by atoms with Gasteiger partial charge in [0.05, 0.1) is 54.7 Å². The number of rotatable bonds is 15. The molecule has 22 atom stereocenters. The van der Waals surface area contributed by atoms with Gasteiger partial charge in [0.25, 0.3) is 0 Å². The number of amides is 1. The van der Waals surface area contributed by atoms with E-state index in [1.807, 2.05) is 20.8 Å². The van der Waals surface area contributed by atoms with Crippen LogP contribution in [0.25, 0.3) is 0 Å². The fourth-order valence-corrected chi connectivity index (χ4v) is 14.3. The highest BCUT2D eigenvalue weighted by Gasteiger charge is 2.71. The zero-order valence-corrected chi connectivity index (χ0v) is 41.8. The van der Waals surface area contributed by atoms with Gasteiger partial charge < -0.3 is 73.9 Å². The lowest BCUT2D eigenvalue weighted by molar-refractivity contribution is -0.337. The average molecular weight is 994 g/mol. The monoisotopic (exact) mass is 994 g/mol. The fraction of sp³-hybridized carbons (Fsp3) is 0.882. The summed E-state index contributed by atoms with van der Waals surface area (Å²) in [6.45, 7) is 13.3. The molecule has 0 aromatic carbocycles. The molecule has 19 nitrogen and oxygen atoms in total. The Labute approximate surface area is 410 Å². The number of aliphatic carboxylic acids is 1. The standard InChI is InChI=1S/C51H79NO18/c1-24(2)16-34(48(60)61)52-39(56)10-11-40(57)68-37-22-44(66-27(5)47(37)70-43-20-35(53)45(59)25(3)64-43)69-46-26(4)65-42(21-36(46)54)67-30-12-14-49(6)29(18-30)8-9-32-33(49)19-38(55)50(7)31(13-15-51(32,50)62)28-17-41(58)63-23-28/h17,24-27,29-38,42-47,53-55,59,62H,8-16,18-23H2,1-7H3,(H,52,56)(H,60,61)/t25-,26-,27-,29-,30+,31-,32-,33+,34+,35+,36+,37+,38-,42+,43+,44+,45-,46-,47-,49+,50+,51+/m1/s1. The molecule has 7 N–H and O–H groups in total. The Balaban J connectivity index is 0.861.